The van der Waals surface area contributed by atoms with Gasteiger partial charge in [-0.1, -0.05) is 0 Å². The third-order valence-electron chi connectivity index (χ3n) is 3.77. The molecule has 1 aliphatic carbocycles. The van der Waals surface area contributed by atoms with Crippen molar-refractivity contribution < 1.29 is 19.1 Å². The van der Waals surface area contributed by atoms with E-state index in [0.29, 0.717) is 38.3 Å². The van der Waals surface area contributed by atoms with E-state index in [1.165, 1.54) is 20.0 Å². The van der Waals surface area contributed by atoms with Crippen molar-refractivity contribution in [1.29, 1.82) is 0 Å². The number of halogens is 2. The number of hydrogen-bond acceptors (Lipinski definition) is 4. The third-order valence-corrected chi connectivity index (χ3v) is 5.02. The summed E-state index contributed by atoms with van der Waals surface area (Å²) in [5.41, 5.74) is 1.55. The summed E-state index contributed by atoms with van der Waals surface area (Å²) in [6.07, 6.45) is 1.80. The molecule has 1 aliphatic rings. The van der Waals surface area contributed by atoms with Gasteiger partial charge in [0.2, 0.25) is 0 Å². The molecule has 1 saturated carbocycles. The van der Waals surface area contributed by atoms with E-state index in [9.17, 15) is 9.59 Å². The van der Waals surface area contributed by atoms with E-state index in [4.69, 9.17) is 9.47 Å². The molecule has 1 atom stereocenters. The van der Waals surface area contributed by atoms with Gasteiger partial charge in [-0.3, -0.25) is 4.79 Å². The van der Waals surface area contributed by atoms with Crippen LogP contribution in [-0.4, -0.2) is 31.7 Å². The number of methoxy groups -OCH3 is 1. The van der Waals surface area contributed by atoms with Gasteiger partial charge in [0.1, 0.15) is 6.10 Å². The first kappa shape index (κ1) is 18.4. The van der Waals surface area contributed by atoms with Gasteiger partial charge in [0.05, 0.1) is 25.0 Å². The second-order valence-electron chi connectivity index (χ2n) is 5.61. The van der Waals surface area contributed by atoms with E-state index in [2.05, 4.69) is 37.2 Å². The fraction of sp³-hybridized carbons (Fsp3) is 0.500. The Labute approximate surface area is 152 Å². The number of hydrogen-bond donors (Lipinski definition) is 1. The van der Waals surface area contributed by atoms with Crippen molar-refractivity contribution >= 4 is 49.4 Å². The number of amides is 1. The van der Waals surface area contributed by atoms with Crippen molar-refractivity contribution in [2.24, 2.45) is 5.92 Å². The lowest BCUT2D eigenvalue weighted by atomic mass is 10.1. The molecule has 0 saturated heterocycles. The van der Waals surface area contributed by atoms with E-state index < -0.39 is 12.1 Å². The Hall–Kier alpha value is -0.920. The molecule has 1 amide bonds. The highest BCUT2D eigenvalue weighted by molar-refractivity contribution is 9.11. The van der Waals surface area contributed by atoms with E-state index in [1.807, 2.05) is 0 Å². The molecule has 0 aliphatic heterocycles. The van der Waals surface area contributed by atoms with Crippen LogP contribution in [0.5, 0.6) is 0 Å². The Bertz CT molecular complexity index is 629. The number of ether oxygens (including phenoxy) is 2. The summed E-state index contributed by atoms with van der Waals surface area (Å²) in [5.74, 6) is -0.111. The quantitative estimate of drug-likeness (QED) is 0.666. The van der Waals surface area contributed by atoms with E-state index in [0.717, 1.165) is 0 Å². The SMILES string of the molecule is COC(=O)c1c(Br)cc(Br)c(NC(=O)[C@H](C)OCC2CC2)c1C. The van der Waals surface area contributed by atoms with Crippen LogP contribution in [0.25, 0.3) is 0 Å². The zero-order chi connectivity index (χ0) is 17.1. The van der Waals surface area contributed by atoms with Crippen molar-refractivity contribution in [3.8, 4) is 0 Å². The van der Waals surface area contributed by atoms with Gasteiger partial charge in [-0.15, -0.1) is 0 Å². The smallest absolute Gasteiger partial charge is 0.339 e. The van der Waals surface area contributed by atoms with Crippen LogP contribution < -0.4 is 5.32 Å². The largest absolute Gasteiger partial charge is 0.465 e. The molecule has 1 fully saturated rings. The minimum atomic E-state index is -0.549. The lowest BCUT2D eigenvalue weighted by molar-refractivity contribution is -0.126. The van der Waals surface area contributed by atoms with Crippen molar-refractivity contribution in [2.45, 2.75) is 32.8 Å². The van der Waals surface area contributed by atoms with Crippen LogP contribution in [0, 0.1) is 12.8 Å². The summed E-state index contributed by atoms with van der Waals surface area (Å²) in [6, 6.07) is 1.71. The maximum atomic E-state index is 12.3. The molecular weight excluding hydrogens is 430 g/mol. The highest BCUT2D eigenvalue weighted by Gasteiger charge is 2.25. The number of benzene rings is 1. The van der Waals surface area contributed by atoms with Gasteiger partial charge in [-0.25, -0.2) is 4.79 Å². The Balaban J connectivity index is 2.17. The number of rotatable bonds is 6. The highest BCUT2D eigenvalue weighted by Crippen LogP contribution is 2.35. The summed E-state index contributed by atoms with van der Waals surface area (Å²) < 4.78 is 11.6. The number of carbonyl (C=O) groups is 2. The Kier molecular flexibility index (Phi) is 6.22. The maximum Gasteiger partial charge on any atom is 0.339 e. The summed E-state index contributed by atoms with van der Waals surface area (Å²) in [7, 11) is 1.32. The molecule has 5 nitrogen and oxygen atoms in total. The third kappa shape index (κ3) is 4.55. The van der Waals surface area contributed by atoms with Gasteiger partial charge in [-0.2, -0.15) is 0 Å². The molecule has 7 heteroatoms. The maximum absolute atomic E-state index is 12.3. The number of anilines is 1. The fourth-order valence-corrected chi connectivity index (χ4v) is 3.73. The van der Waals surface area contributed by atoms with Crippen molar-refractivity contribution in [2.75, 3.05) is 19.0 Å². The number of esters is 1. The van der Waals surface area contributed by atoms with Crippen LogP contribution in [0.3, 0.4) is 0 Å². The van der Waals surface area contributed by atoms with E-state index in [-0.39, 0.29) is 5.91 Å². The lowest BCUT2D eigenvalue weighted by Crippen LogP contribution is -2.29. The zero-order valence-corrected chi connectivity index (χ0v) is 16.4. The van der Waals surface area contributed by atoms with Crippen LogP contribution >= 0.6 is 31.9 Å². The monoisotopic (exact) mass is 447 g/mol. The van der Waals surface area contributed by atoms with Crippen LogP contribution in [0.1, 0.15) is 35.7 Å². The molecule has 1 aromatic carbocycles. The summed E-state index contributed by atoms with van der Waals surface area (Å²) in [4.78, 5) is 24.2. The van der Waals surface area contributed by atoms with Gasteiger partial charge in [0.15, 0.2) is 0 Å². The Morgan fingerprint density at radius 3 is 2.57 bits per heavy atom. The van der Waals surface area contributed by atoms with E-state index in [1.54, 1.807) is 19.9 Å². The van der Waals surface area contributed by atoms with Crippen LogP contribution in [0.4, 0.5) is 5.69 Å². The molecule has 23 heavy (non-hydrogen) atoms. The molecule has 0 bridgehead atoms. The van der Waals surface area contributed by atoms with Gasteiger partial charge in [-0.05, 0) is 76.1 Å². The molecule has 0 heterocycles. The average molecular weight is 449 g/mol. The normalized spacial score (nSPS) is 15.2. The fourth-order valence-electron chi connectivity index (χ4n) is 2.11. The van der Waals surface area contributed by atoms with Crippen LogP contribution in [0.15, 0.2) is 15.0 Å². The minimum Gasteiger partial charge on any atom is -0.465 e. The number of nitrogens with one attached hydrogen (secondary N) is 1. The second-order valence-corrected chi connectivity index (χ2v) is 7.32. The Morgan fingerprint density at radius 2 is 2.00 bits per heavy atom. The average Bonchev–Trinajstić information content (AvgIpc) is 3.32. The molecule has 0 spiro atoms. The number of carbonyl (C=O) groups excluding carboxylic acids is 2. The molecule has 126 valence electrons. The second kappa shape index (κ2) is 7.77. The molecule has 2 rings (SSSR count). The first-order chi connectivity index (χ1) is 10.8. The molecule has 0 radical (unpaired) electrons. The molecule has 0 unspecified atom stereocenters. The molecule has 0 aromatic heterocycles. The predicted octanol–water partition coefficient (Wildman–Crippen LogP) is 4.06. The minimum absolute atomic E-state index is 0.243. The van der Waals surface area contributed by atoms with Crippen molar-refractivity contribution in [1.82, 2.24) is 0 Å². The highest BCUT2D eigenvalue weighted by atomic mass is 79.9. The zero-order valence-electron chi connectivity index (χ0n) is 13.2. The molecule has 1 N–H and O–H groups in total. The van der Waals surface area contributed by atoms with Crippen molar-refractivity contribution in [3.63, 3.8) is 0 Å². The lowest BCUT2D eigenvalue weighted by Gasteiger charge is -2.18. The summed E-state index contributed by atoms with van der Waals surface area (Å²) >= 11 is 6.76. The summed E-state index contributed by atoms with van der Waals surface area (Å²) in [5, 5.41) is 2.83. The standard InChI is InChI=1S/C16H19Br2NO4/c1-8-13(16(21)22-3)11(17)6-12(18)14(8)19-15(20)9(2)23-7-10-4-5-10/h6,9-10H,4-5,7H2,1-3H3,(H,19,20)/t9-/m0/s1. The first-order valence-corrected chi connectivity index (χ1v) is 8.93. The first-order valence-electron chi connectivity index (χ1n) is 7.34. The summed E-state index contributed by atoms with van der Waals surface area (Å²) in [6.45, 7) is 4.09. The van der Waals surface area contributed by atoms with Gasteiger partial charge in [0.25, 0.3) is 5.91 Å². The van der Waals surface area contributed by atoms with Crippen LogP contribution in [-0.2, 0) is 14.3 Å². The Morgan fingerprint density at radius 1 is 1.35 bits per heavy atom. The molecule has 1 aromatic rings. The van der Waals surface area contributed by atoms with Gasteiger partial charge < -0.3 is 14.8 Å². The van der Waals surface area contributed by atoms with Crippen LogP contribution in [0.2, 0.25) is 0 Å². The predicted molar refractivity (Wildman–Crippen MR) is 94.7 cm³/mol. The topological polar surface area (TPSA) is 64.6 Å². The van der Waals surface area contributed by atoms with E-state index >= 15 is 0 Å². The van der Waals surface area contributed by atoms with Gasteiger partial charge >= 0.3 is 5.97 Å². The van der Waals surface area contributed by atoms with Crippen molar-refractivity contribution in [3.05, 3.63) is 26.1 Å². The molecular formula is C16H19Br2NO4. The van der Waals surface area contributed by atoms with Gasteiger partial charge in [0, 0.05) is 8.95 Å².